The van der Waals surface area contributed by atoms with Crippen molar-refractivity contribution in [2.75, 3.05) is 18.0 Å². The Morgan fingerprint density at radius 2 is 1.61 bits per heavy atom. The molecule has 0 aliphatic carbocycles. The van der Waals surface area contributed by atoms with Crippen LogP contribution in [0.1, 0.15) is 26.7 Å². The van der Waals surface area contributed by atoms with E-state index in [4.69, 9.17) is 4.74 Å². The van der Waals surface area contributed by atoms with Gasteiger partial charge in [-0.1, -0.05) is 36.0 Å². The molecule has 1 N–H and O–H groups in total. The van der Waals surface area contributed by atoms with Crippen molar-refractivity contribution in [1.82, 2.24) is 0 Å². The van der Waals surface area contributed by atoms with Crippen molar-refractivity contribution in [2.45, 2.75) is 48.3 Å². The van der Waals surface area contributed by atoms with Gasteiger partial charge in [0, 0.05) is 35.3 Å². The zero-order valence-electron chi connectivity index (χ0n) is 20.3. The average Bonchev–Trinajstić information content (AvgIpc) is 3.31. The molecule has 2 aliphatic heterocycles. The Balaban J connectivity index is 0.00000361. The van der Waals surface area contributed by atoms with Gasteiger partial charge in [0.05, 0.1) is 42.7 Å². The number of hydrogen-bond donors (Lipinski definition) is 1. The molecule has 2 aromatic carbocycles. The van der Waals surface area contributed by atoms with Crippen LogP contribution < -0.4 is 44.1 Å². The first kappa shape index (κ1) is 29.5. The summed E-state index contributed by atoms with van der Waals surface area (Å²) in [6.45, 7) is 3.53. The third-order valence-corrected chi connectivity index (χ3v) is 9.90. The van der Waals surface area contributed by atoms with Gasteiger partial charge in [0.15, 0.2) is 11.4 Å². The summed E-state index contributed by atoms with van der Waals surface area (Å²) in [6.07, 6.45) is 1.80. The van der Waals surface area contributed by atoms with Crippen LogP contribution in [0.5, 0.6) is 5.75 Å². The van der Waals surface area contributed by atoms with Crippen molar-refractivity contribution >= 4 is 43.4 Å². The van der Waals surface area contributed by atoms with Crippen molar-refractivity contribution in [1.29, 1.82) is 0 Å². The predicted molar refractivity (Wildman–Crippen MR) is 132 cm³/mol. The van der Waals surface area contributed by atoms with Crippen molar-refractivity contribution in [3.8, 4) is 5.75 Å². The molecule has 0 spiro atoms. The Morgan fingerprint density at radius 3 is 2.31 bits per heavy atom. The van der Waals surface area contributed by atoms with Gasteiger partial charge in [-0.3, -0.25) is 4.90 Å². The molecule has 4 unspecified atom stereocenters. The summed E-state index contributed by atoms with van der Waals surface area (Å²) >= 11 is 1.52. The molecule has 13 heteroatoms. The van der Waals surface area contributed by atoms with Crippen molar-refractivity contribution in [3.05, 3.63) is 59.6 Å². The van der Waals surface area contributed by atoms with Gasteiger partial charge in [-0.25, -0.2) is 16.8 Å². The van der Waals surface area contributed by atoms with Gasteiger partial charge in [-0.05, 0) is 38.5 Å². The van der Waals surface area contributed by atoms with E-state index in [1.807, 2.05) is 59.5 Å². The smallest absolute Gasteiger partial charge is 0.748 e. The van der Waals surface area contributed by atoms with Gasteiger partial charge in [-0.15, -0.1) is 0 Å². The van der Waals surface area contributed by atoms with Gasteiger partial charge < -0.3 is 18.7 Å². The van der Waals surface area contributed by atoms with Gasteiger partial charge in [0.2, 0.25) is 0 Å². The fraction of sp³-hybridized carbons (Fsp3) is 0.391. The number of anilines is 1. The second-order valence-electron chi connectivity index (χ2n) is 8.72. The summed E-state index contributed by atoms with van der Waals surface area (Å²) in [6, 6.07) is 15.2. The molecule has 4 atom stereocenters. The van der Waals surface area contributed by atoms with Crippen LogP contribution in [0.2, 0.25) is 0 Å². The standard InChI is InChI=1S/C23H28N2O7S3.Na/c1-16(34(26,27)28)11-13-24-18-7-3-5-9-20(18)32-22(24)15-23-25(14-12-17(2)35(29,30)31)19-8-4-6-10-21(19)33-23;/h3-10,15-17,22H,11-14H2,1-2H3,(H,26,27,28)(H,29,30,31);/q;+1/p-1. The number of nitrogens with zero attached hydrogens (tertiary/aromatic N) is 1. The molecule has 36 heavy (non-hydrogen) atoms. The number of benzene rings is 2. The molecule has 0 saturated heterocycles. The van der Waals surface area contributed by atoms with Crippen LogP contribution in [0.3, 0.4) is 0 Å². The summed E-state index contributed by atoms with van der Waals surface area (Å²) in [5, 5.41) is -1.21. The molecule has 0 bridgehead atoms. The molecular weight excluding hydrogens is 535 g/mol. The zero-order valence-corrected chi connectivity index (χ0v) is 24.7. The summed E-state index contributed by atoms with van der Waals surface area (Å²) < 4.78 is 74.8. The van der Waals surface area contributed by atoms with Gasteiger partial charge in [0.25, 0.3) is 6.23 Å². The van der Waals surface area contributed by atoms with Crippen molar-refractivity contribution < 1.29 is 65.1 Å². The number of para-hydroxylation sites is 3. The first-order chi connectivity index (χ1) is 16.4. The molecule has 4 rings (SSSR count). The van der Waals surface area contributed by atoms with Crippen LogP contribution in [-0.4, -0.2) is 55.8 Å². The molecule has 2 aliphatic rings. The Hall–Kier alpha value is -1.09. The molecule has 0 aromatic heterocycles. The summed E-state index contributed by atoms with van der Waals surface area (Å²) in [5.74, 6) is 0.681. The quantitative estimate of drug-likeness (QED) is 0.303. The molecule has 0 fully saturated rings. The third kappa shape index (κ3) is 6.66. The van der Waals surface area contributed by atoms with E-state index in [9.17, 15) is 25.9 Å². The number of fused-ring (bicyclic) bond motifs is 2. The van der Waals surface area contributed by atoms with E-state index in [2.05, 4.69) is 0 Å². The molecule has 2 aromatic rings. The van der Waals surface area contributed by atoms with Gasteiger partial charge in [-0.2, -0.15) is 0 Å². The number of ether oxygens (including phenoxy) is 1. The number of nitrogens with one attached hydrogen (secondary N) is 1. The summed E-state index contributed by atoms with van der Waals surface area (Å²) in [4.78, 5) is 3.87. The zero-order chi connectivity index (χ0) is 25.4. The fourth-order valence-corrected chi connectivity index (χ4v) is 6.05. The van der Waals surface area contributed by atoms with E-state index in [0.717, 1.165) is 26.2 Å². The minimum absolute atomic E-state index is 0. The van der Waals surface area contributed by atoms with E-state index in [-0.39, 0.29) is 42.4 Å². The molecular formula is C23H27N2NaO7S3. The predicted octanol–water partition coefficient (Wildman–Crippen LogP) is -0.973. The molecule has 9 nitrogen and oxygen atoms in total. The van der Waals surface area contributed by atoms with Crippen molar-refractivity contribution in [2.24, 2.45) is 0 Å². The number of thioether (sulfide) groups is 1. The maximum absolute atomic E-state index is 11.4. The molecule has 0 saturated carbocycles. The van der Waals surface area contributed by atoms with E-state index < -0.39 is 37.0 Å². The van der Waals surface area contributed by atoms with E-state index in [0.29, 0.717) is 18.8 Å². The molecule has 2 heterocycles. The largest absolute Gasteiger partial charge is 1.00 e. The van der Waals surface area contributed by atoms with E-state index >= 15 is 0 Å². The van der Waals surface area contributed by atoms with Crippen LogP contribution in [0.25, 0.3) is 0 Å². The van der Waals surface area contributed by atoms with E-state index in [1.54, 1.807) is 0 Å². The molecule has 0 radical (unpaired) electrons. The van der Waals surface area contributed by atoms with Crippen LogP contribution in [0, 0.1) is 0 Å². The Bertz CT molecular complexity index is 1330. The topological polar surface area (TPSA) is 131 Å². The Kier molecular flexibility index (Phi) is 9.62. The minimum atomic E-state index is -4.39. The maximum atomic E-state index is 11.4. The van der Waals surface area contributed by atoms with Gasteiger partial charge >= 0.3 is 29.6 Å². The Labute approximate surface area is 238 Å². The number of rotatable bonds is 9. The van der Waals surface area contributed by atoms with Crippen LogP contribution in [-0.2, 0) is 20.2 Å². The monoisotopic (exact) mass is 562 g/mol. The first-order valence-electron chi connectivity index (χ1n) is 11.2. The molecule has 0 amide bonds. The third-order valence-electron chi connectivity index (χ3n) is 6.33. The van der Waals surface area contributed by atoms with Crippen molar-refractivity contribution in [3.63, 3.8) is 0 Å². The SMILES string of the molecule is CC(CCN1C(=CC2Oc3ccccc3[NH+]2CCC(C)S(=O)(=O)[O-])Sc2ccccc21)S(=O)(=O)[O-].[Na+]. The van der Waals surface area contributed by atoms with Gasteiger partial charge in [0.1, 0.15) is 0 Å². The Morgan fingerprint density at radius 1 is 1.00 bits per heavy atom. The fourth-order valence-electron chi connectivity index (χ4n) is 4.10. The van der Waals surface area contributed by atoms with Crippen LogP contribution >= 0.6 is 11.8 Å². The van der Waals surface area contributed by atoms with Crippen LogP contribution in [0.4, 0.5) is 11.4 Å². The van der Waals surface area contributed by atoms with Crippen LogP contribution in [0.15, 0.2) is 64.5 Å². The second kappa shape index (κ2) is 11.7. The minimum Gasteiger partial charge on any atom is -0.748 e. The molecule has 190 valence electrons. The maximum Gasteiger partial charge on any atom is 1.00 e. The second-order valence-corrected chi connectivity index (χ2v) is 13.4. The normalized spacial score (nSPS) is 21.9. The summed E-state index contributed by atoms with van der Waals surface area (Å²) in [5.41, 5.74) is 1.80. The number of hydrogen-bond acceptors (Lipinski definition) is 9. The average molecular weight is 563 g/mol. The first-order valence-corrected chi connectivity index (χ1v) is 15.0. The van der Waals surface area contributed by atoms with E-state index in [1.165, 1.54) is 25.6 Å². The number of quaternary nitrogens is 1. The summed E-state index contributed by atoms with van der Waals surface area (Å²) in [7, 11) is -8.78.